The van der Waals surface area contributed by atoms with E-state index >= 15 is 0 Å². The van der Waals surface area contributed by atoms with Gasteiger partial charge in [0.2, 0.25) is 17.7 Å². The molecule has 3 heterocycles. The lowest BCUT2D eigenvalue weighted by molar-refractivity contribution is -0.154. The molecule has 0 aromatic rings. The molecule has 8 nitrogen and oxygen atoms in total. The van der Waals surface area contributed by atoms with Crippen molar-refractivity contribution in [3.8, 4) is 0 Å². The summed E-state index contributed by atoms with van der Waals surface area (Å²) in [6, 6.07) is -0.758. The summed E-state index contributed by atoms with van der Waals surface area (Å²) in [5, 5.41) is 9.15. The van der Waals surface area contributed by atoms with E-state index in [9.17, 15) is 14.4 Å². The third-order valence-corrected chi connectivity index (χ3v) is 9.09. The van der Waals surface area contributed by atoms with E-state index in [4.69, 9.17) is 9.84 Å². The lowest BCUT2D eigenvalue weighted by atomic mass is 9.62. The van der Waals surface area contributed by atoms with E-state index in [0.717, 1.165) is 44.9 Å². The molecule has 0 aromatic heterocycles. The Hall–Kier alpha value is -2.19. The molecule has 38 heavy (non-hydrogen) atoms. The smallest absolute Gasteiger partial charge is 0.248 e. The highest BCUT2D eigenvalue weighted by Gasteiger charge is 2.80. The van der Waals surface area contributed by atoms with Crippen LogP contribution in [-0.2, 0) is 19.1 Å². The van der Waals surface area contributed by atoms with Gasteiger partial charge >= 0.3 is 0 Å². The number of unbranched alkanes of at least 4 members (excludes halogenated alkanes) is 5. The van der Waals surface area contributed by atoms with Gasteiger partial charge in [0.25, 0.3) is 0 Å². The number of amides is 3. The molecule has 8 heteroatoms. The number of fused-ring (bicyclic) bond motifs is 1. The van der Waals surface area contributed by atoms with Crippen molar-refractivity contribution in [2.75, 3.05) is 39.8 Å². The first-order valence-electron chi connectivity index (χ1n) is 14.5. The molecule has 0 aliphatic carbocycles. The maximum absolute atomic E-state index is 14.3. The van der Waals surface area contributed by atoms with Gasteiger partial charge in [-0.25, -0.2) is 0 Å². The zero-order valence-corrected chi connectivity index (χ0v) is 24.0. The Morgan fingerprint density at radius 1 is 1.11 bits per heavy atom. The van der Waals surface area contributed by atoms with E-state index in [2.05, 4.69) is 27.0 Å². The monoisotopic (exact) mass is 531 g/mol. The number of aliphatic hydroxyl groups is 1. The Morgan fingerprint density at radius 3 is 2.42 bits per heavy atom. The van der Waals surface area contributed by atoms with Crippen LogP contribution in [0.25, 0.3) is 0 Å². The summed E-state index contributed by atoms with van der Waals surface area (Å²) >= 11 is 0. The SMILES string of the molecule is C=CCN(C)C(=O)[C@@H]1[C@H]2C(=O)N(CCCCCCO)C(C(=O)N(CC=C)CCCCC)C23CC(C)[C@@]1(C)O3. The van der Waals surface area contributed by atoms with Crippen LogP contribution < -0.4 is 0 Å². The van der Waals surface area contributed by atoms with E-state index in [-0.39, 0.29) is 30.2 Å². The zero-order valence-electron chi connectivity index (χ0n) is 24.0. The molecular weight excluding hydrogens is 482 g/mol. The molecule has 0 radical (unpaired) electrons. The van der Waals surface area contributed by atoms with Crippen molar-refractivity contribution in [1.82, 2.24) is 14.7 Å². The van der Waals surface area contributed by atoms with Crippen molar-refractivity contribution in [2.24, 2.45) is 17.8 Å². The summed E-state index contributed by atoms with van der Waals surface area (Å²) in [5.41, 5.74) is -1.84. The molecule has 214 valence electrons. The van der Waals surface area contributed by atoms with Gasteiger partial charge in [-0.05, 0) is 38.5 Å². The van der Waals surface area contributed by atoms with Gasteiger partial charge < -0.3 is 24.5 Å². The third kappa shape index (κ3) is 5.31. The minimum atomic E-state index is -1.02. The van der Waals surface area contributed by atoms with Gasteiger partial charge in [-0.1, -0.05) is 51.7 Å². The number of rotatable bonds is 16. The first-order valence-corrected chi connectivity index (χ1v) is 14.5. The number of carbonyl (C=O) groups excluding carboxylic acids is 3. The molecule has 3 aliphatic rings. The first kappa shape index (κ1) is 30.4. The van der Waals surface area contributed by atoms with Crippen molar-refractivity contribution in [1.29, 1.82) is 0 Å². The summed E-state index contributed by atoms with van der Waals surface area (Å²) in [7, 11) is 1.73. The van der Waals surface area contributed by atoms with Crippen molar-refractivity contribution in [2.45, 2.75) is 89.4 Å². The fourth-order valence-corrected chi connectivity index (χ4v) is 7.08. The molecule has 3 fully saturated rings. The molecule has 3 aliphatic heterocycles. The number of likely N-dealkylation sites (tertiary alicyclic amines) is 1. The van der Waals surface area contributed by atoms with Crippen LogP contribution in [0.2, 0.25) is 0 Å². The molecule has 1 N–H and O–H groups in total. The molecule has 6 atom stereocenters. The van der Waals surface area contributed by atoms with Crippen LogP contribution >= 0.6 is 0 Å². The number of aliphatic hydroxyl groups excluding tert-OH is 1. The van der Waals surface area contributed by atoms with Crippen LogP contribution in [0.4, 0.5) is 0 Å². The van der Waals surface area contributed by atoms with Gasteiger partial charge in [-0.2, -0.15) is 0 Å². The number of nitrogens with zero attached hydrogens (tertiary/aromatic N) is 3. The van der Waals surface area contributed by atoms with E-state index < -0.39 is 29.1 Å². The van der Waals surface area contributed by atoms with E-state index in [0.29, 0.717) is 32.6 Å². The van der Waals surface area contributed by atoms with E-state index in [1.807, 2.05) is 11.8 Å². The average molecular weight is 532 g/mol. The Morgan fingerprint density at radius 2 is 1.79 bits per heavy atom. The predicted octanol–water partition coefficient (Wildman–Crippen LogP) is 3.40. The number of likely N-dealkylation sites (N-methyl/N-ethyl adjacent to an activating group) is 1. The van der Waals surface area contributed by atoms with Gasteiger partial charge in [-0.3, -0.25) is 14.4 Å². The van der Waals surface area contributed by atoms with Crippen molar-refractivity contribution in [3.63, 3.8) is 0 Å². The quantitative estimate of drug-likeness (QED) is 0.244. The number of hydrogen-bond donors (Lipinski definition) is 1. The molecule has 3 rings (SSSR count). The Labute approximate surface area is 229 Å². The highest BCUT2D eigenvalue weighted by molar-refractivity contribution is 5.99. The maximum Gasteiger partial charge on any atom is 0.248 e. The maximum atomic E-state index is 14.3. The summed E-state index contributed by atoms with van der Waals surface area (Å²) < 4.78 is 6.84. The number of hydrogen-bond acceptors (Lipinski definition) is 5. The van der Waals surface area contributed by atoms with Crippen molar-refractivity contribution in [3.05, 3.63) is 25.3 Å². The van der Waals surface area contributed by atoms with Gasteiger partial charge in [0.05, 0.1) is 17.4 Å². The molecule has 0 aromatic carbocycles. The van der Waals surface area contributed by atoms with Gasteiger partial charge in [-0.15, -0.1) is 13.2 Å². The second kappa shape index (κ2) is 12.8. The van der Waals surface area contributed by atoms with E-state index in [1.165, 1.54) is 0 Å². The molecule has 1 spiro atoms. The van der Waals surface area contributed by atoms with Crippen LogP contribution in [0.1, 0.15) is 72.1 Å². The lowest BCUT2D eigenvalue weighted by Gasteiger charge is -2.38. The summed E-state index contributed by atoms with van der Waals surface area (Å²) in [6.45, 7) is 15.8. The molecule has 3 unspecified atom stereocenters. The molecule has 3 saturated heterocycles. The average Bonchev–Trinajstić information content (AvgIpc) is 3.39. The molecular formula is C30H49N3O5. The highest BCUT2D eigenvalue weighted by Crippen LogP contribution is 2.65. The van der Waals surface area contributed by atoms with Gasteiger partial charge in [0.15, 0.2) is 0 Å². The minimum absolute atomic E-state index is 0.0189. The predicted molar refractivity (Wildman–Crippen MR) is 148 cm³/mol. The first-order chi connectivity index (χ1) is 18.1. The minimum Gasteiger partial charge on any atom is -0.396 e. The van der Waals surface area contributed by atoms with Crippen molar-refractivity contribution >= 4 is 17.7 Å². The van der Waals surface area contributed by atoms with Crippen LogP contribution in [0.5, 0.6) is 0 Å². The largest absolute Gasteiger partial charge is 0.396 e. The summed E-state index contributed by atoms with van der Waals surface area (Å²) in [5.74, 6) is -1.68. The third-order valence-electron chi connectivity index (χ3n) is 9.09. The van der Waals surface area contributed by atoms with Gasteiger partial charge in [0.1, 0.15) is 11.6 Å². The second-order valence-corrected chi connectivity index (χ2v) is 11.7. The fraction of sp³-hybridized carbons (Fsp3) is 0.767. The van der Waals surface area contributed by atoms with Gasteiger partial charge in [0, 0.05) is 39.8 Å². The Bertz CT molecular complexity index is 893. The molecule has 0 saturated carbocycles. The van der Waals surface area contributed by atoms with E-state index in [1.54, 1.807) is 29.0 Å². The zero-order chi connectivity index (χ0) is 28.1. The fourth-order valence-electron chi connectivity index (χ4n) is 7.08. The highest BCUT2D eigenvalue weighted by atomic mass is 16.5. The second-order valence-electron chi connectivity index (χ2n) is 11.7. The number of carbonyl (C=O) groups is 3. The Kier molecular flexibility index (Phi) is 10.2. The standard InChI is InChI=1S/C30H49N3O5/c1-7-10-13-18-32(17-9-3)28(37)25-30-21-22(4)29(5,38-30)23(26(35)31(6)16-8-2)24(30)27(36)33(25)19-14-11-12-15-20-34/h8-9,22-25,34H,2-3,7,10-21H2,1,4-6H3/t22?,23-,24-,25?,29+,30?/m0/s1. The molecule has 2 bridgehead atoms. The number of ether oxygens (including phenoxy) is 1. The molecule has 3 amide bonds. The van der Waals surface area contributed by atoms with Crippen LogP contribution in [0.15, 0.2) is 25.3 Å². The van der Waals surface area contributed by atoms with Crippen LogP contribution in [0, 0.1) is 17.8 Å². The normalized spacial score (nSPS) is 31.4. The Balaban J connectivity index is 2.01. The lowest BCUT2D eigenvalue weighted by Crippen LogP contribution is -2.57. The summed E-state index contributed by atoms with van der Waals surface area (Å²) in [4.78, 5) is 47.5. The summed E-state index contributed by atoms with van der Waals surface area (Å²) in [6.07, 6.45) is 10.1. The topological polar surface area (TPSA) is 90.4 Å². The van der Waals surface area contributed by atoms with Crippen LogP contribution in [0.3, 0.4) is 0 Å². The van der Waals surface area contributed by atoms with Crippen molar-refractivity contribution < 1.29 is 24.2 Å². The van der Waals surface area contributed by atoms with Crippen LogP contribution in [-0.4, -0.2) is 94.6 Å².